The number of hydrogen-bond donors (Lipinski definition) is 0. The molecule has 142 valence electrons. The molecule has 0 saturated carbocycles. The lowest BCUT2D eigenvalue weighted by molar-refractivity contribution is -0.141. The summed E-state index contributed by atoms with van der Waals surface area (Å²) < 4.78 is 2.89. The summed E-state index contributed by atoms with van der Waals surface area (Å²) in [7, 11) is 1.62. The Bertz CT molecular complexity index is 943. The fourth-order valence-electron chi connectivity index (χ4n) is 3.86. The van der Waals surface area contributed by atoms with E-state index in [2.05, 4.69) is 5.10 Å². The molecule has 1 aromatic carbocycles. The Balaban J connectivity index is 1.44. The van der Waals surface area contributed by atoms with E-state index < -0.39 is 0 Å². The van der Waals surface area contributed by atoms with Crippen molar-refractivity contribution >= 4 is 17.5 Å². The van der Waals surface area contributed by atoms with E-state index in [1.54, 1.807) is 21.4 Å². The molecule has 0 N–H and O–H groups in total. The maximum absolute atomic E-state index is 12.9. The van der Waals surface area contributed by atoms with E-state index in [0.717, 1.165) is 17.1 Å². The van der Waals surface area contributed by atoms with Crippen LogP contribution in [-0.2, 0) is 29.6 Å². The predicted octanol–water partition coefficient (Wildman–Crippen LogP) is 0.328. The number of piperazine rings is 1. The summed E-state index contributed by atoms with van der Waals surface area (Å²) in [5, 5.41) is 4.20. The van der Waals surface area contributed by atoms with Gasteiger partial charge in [0.25, 0.3) is 0 Å². The van der Waals surface area contributed by atoms with Gasteiger partial charge in [-0.05, 0) is 25.5 Å². The summed E-state index contributed by atoms with van der Waals surface area (Å²) in [5.74, 6) is 0.326. The van der Waals surface area contributed by atoms with Gasteiger partial charge in [-0.1, -0.05) is 17.7 Å². The van der Waals surface area contributed by atoms with E-state index in [-0.39, 0.29) is 30.0 Å². The molecule has 1 saturated heterocycles. The van der Waals surface area contributed by atoms with Crippen LogP contribution >= 0.6 is 0 Å². The van der Waals surface area contributed by atoms with E-state index in [4.69, 9.17) is 0 Å². The standard InChI is InChI=1S/C19H23N5O3/c1-13-3-6-15(7-4-13)23-10-9-22(12-17(23)25)18(26)14-5-8-16-20-21(2)19(27)24(16)11-14/h3-4,6-7,14H,5,8-12H2,1-2H3/t14-/m1/s1. The molecule has 4 rings (SSSR count). The van der Waals surface area contributed by atoms with Crippen molar-refractivity contribution in [3.63, 3.8) is 0 Å². The molecule has 2 amide bonds. The first-order chi connectivity index (χ1) is 12.9. The number of rotatable bonds is 2. The molecule has 0 aliphatic carbocycles. The number of benzene rings is 1. The molecule has 2 aliphatic rings. The first-order valence-electron chi connectivity index (χ1n) is 9.22. The molecule has 0 spiro atoms. The molecule has 27 heavy (non-hydrogen) atoms. The Labute approximate surface area is 157 Å². The van der Waals surface area contributed by atoms with Gasteiger partial charge in [0, 0.05) is 38.8 Å². The Hall–Kier alpha value is -2.90. The summed E-state index contributed by atoms with van der Waals surface area (Å²) in [5.41, 5.74) is 1.81. The van der Waals surface area contributed by atoms with Crippen molar-refractivity contribution in [2.75, 3.05) is 24.5 Å². The lowest BCUT2D eigenvalue weighted by atomic mass is 9.97. The monoisotopic (exact) mass is 369 g/mol. The molecule has 0 radical (unpaired) electrons. The molecule has 0 bridgehead atoms. The van der Waals surface area contributed by atoms with E-state index in [0.29, 0.717) is 32.5 Å². The van der Waals surface area contributed by atoms with Gasteiger partial charge in [-0.25, -0.2) is 9.48 Å². The highest BCUT2D eigenvalue weighted by Gasteiger charge is 2.34. The molecular formula is C19H23N5O3. The zero-order chi connectivity index (χ0) is 19.1. The number of amides is 2. The van der Waals surface area contributed by atoms with Crippen LogP contribution in [0.4, 0.5) is 5.69 Å². The number of fused-ring (bicyclic) bond motifs is 1. The molecule has 8 heteroatoms. The number of carbonyl (C=O) groups excluding carboxylic acids is 2. The quantitative estimate of drug-likeness (QED) is 0.764. The summed E-state index contributed by atoms with van der Waals surface area (Å²) in [6.45, 7) is 3.42. The summed E-state index contributed by atoms with van der Waals surface area (Å²) in [6, 6.07) is 7.82. The highest BCUT2D eigenvalue weighted by molar-refractivity contribution is 5.98. The Morgan fingerprint density at radius 1 is 1.15 bits per heavy atom. The zero-order valence-corrected chi connectivity index (χ0v) is 15.6. The lowest BCUT2D eigenvalue weighted by Gasteiger charge is -2.36. The van der Waals surface area contributed by atoms with Crippen molar-refractivity contribution in [1.29, 1.82) is 0 Å². The fraction of sp³-hybridized carbons (Fsp3) is 0.474. The van der Waals surface area contributed by atoms with Gasteiger partial charge in [0.2, 0.25) is 11.8 Å². The van der Waals surface area contributed by atoms with Gasteiger partial charge in [-0.2, -0.15) is 5.10 Å². The van der Waals surface area contributed by atoms with Crippen molar-refractivity contribution in [3.8, 4) is 0 Å². The topological polar surface area (TPSA) is 80.4 Å². The van der Waals surface area contributed by atoms with Crippen LogP contribution in [0.3, 0.4) is 0 Å². The Kier molecular flexibility index (Phi) is 4.33. The van der Waals surface area contributed by atoms with Crippen LogP contribution < -0.4 is 10.6 Å². The van der Waals surface area contributed by atoms with E-state index >= 15 is 0 Å². The SMILES string of the molecule is Cc1ccc(N2CCN(C(=O)[C@@H]3CCc4nn(C)c(=O)n4C3)CC2=O)cc1. The van der Waals surface area contributed by atoms with Crippen molar-refractivity contribution in [1.82, 2.24) is 19.2 Å². The first kappa shape index (κ1) is 17.5. The van der Waals surface area contributed by atoms with Crippen molar-refractivity contribution in [3.05, 3.63) is 46.1 Å². The van der Waals surface area contributed by atoms with Crippen LogP contribution in [0.1, 0.15) is 17.8 Å². The van der Waals surface area contributed by atoms with Gasteiger partial charge in [0.15, 0.2) is 0 Å². The Morgan fingerprint density at radius 2 is 1.89 bits per heavy atom. The van der Waals surface area contributed by atoms with Crippen LogP contribution in [-0.4, -0.2) is 50.7 Å². The largest absolute Gasteiger partial charge is 0.345 e. The number of carbonyl (C=O) groups is 2. The van der Waals surface area contributed by atoms with E-state index in [1.807, 2.05) is 31.2 Å². The van der Waals surface area contributed by atoms with Gasteiger partial charge in [-0.3, -0.25) is 14.2 Å². The van der Waals surface area contributed by atoms with Gasteiger partial charge in [0.1, 0.15) is 12.4 Å². The van der Waals surface area contributed by atoms with Gasteiger partial charge >= 0.3 is 5.69 Å². The number of hydrogen-bond acceptors (Lipinski definition) is 4. The normalized spacial score (nSPS) is 19.9. The number of aromatic nitrogens is 3. The van der Waals surface area contributed by atoms with Crippen LogP contribution in [0.15, 0.2) is 29.1 Å². The first-order valence-corrected chi connectivity index (χ1v) is 9.22. The van der Waals surface area contributed by atoms with Crippen molar-refractivity contribution in [2.45, 2.75) is 26.3 Å². The molecule has 1 aromatic heterocycles. The van der Waals surface area contributed by atoms with Crippen molar-refractivity contribution < 1.29 is 9.59 Å². The number of anilines is 1. The van der Waals surface area contributed by atoms with Crippen LogP contribution in [0.25, 0.3) is 0 Å². The van der Waals surface area contributed by atoms with Gasteiger partial charge in [0.05, 0.1) is 5.92 Å². The van der Waals surface area contributed by atoms with Gasteiger partial charge in [-0.15, -0.1) is 0 Å². The maximum Gasteiger partial charge on any atom is 0.345 e. The molecule has 0 unspecified atom stereocenters. The molecular weight excluding hydrogens is 346 g/mol. The molecule has 1 fully saturated rings. The number of aryl methyl sites for hydroxylation is 3. The summed E-state index contributed by atoms with van der Waals surface area (Å²) in [4.78, 5) is 41.0. The minimum absolute atomic E-state index is 0.0479. The lowest BCUT2D eigenvalue weighted by Crippen LogP contribution is -2.54. The minimum Gasteiger partial charge on any atom is -0.331 e. The van der Waals surface area contributed by atoms with Crippen LogP contribution in [0.5, 0.6) is 0 Å². The predicted molar refractivity (Wildman–Crippen MR) is 99.4 cm³/mol. The smallest absolute Gasteiger partial charge is 0.331 e. The second kappa shape index (κ2) is 6.68. The molecule has 3 heterocycles. The molecule has 1 atom stereocenters. The maximum atomic E-state index is 12.9. The summed E-state index contributed by atoms with van der Waals surface area (Å²) in [6.07, 6.45) is 1.26. The zero-order valence-electron chi connectivity index (χ0n) is 15.6. The highest BCUT2D eigenvalue weighted by atomic mass is 16.2. The highest BCUT2D eigenvalue weighted by Crippen LogP contribution is 2.22. The minimum atomic E-state index is -0.280. The van der Waals surface area contributed by atoms with E-state index in [1.165, 1.54) is 4.68 Å². The van der Waals surface area contributed by atoms with E-state index in [9.17, 15) is 14.4 Å². The molecule has 2 aliphatic heterocycles. The average molecular weight is 369 g/mol. The molecule has 2 aromatic rings. The second-order valence-corrected chi connectivity index (χ2v) is 7.31. The third-order valence-electron chi connectivity index (χ3n) is 5.43. The average Bonchev–Trinajstić information content (AvgIpc) is 2.95. The van der Waals surface area contributed by atoms with Gasteiger partial charge < -0.3 is 9.80 Å². The van der Waals surface area contributed by atoms with Crippen LogP contribution in [0.2, 0.25) is 0 Å². The second-order valence-electron chi connectivity index (χ2n) is 7.31. The third-order valence-corrected chi connectivity index (χ3v) is 5.43. The third kappa shape index (κ3) is 3.15. The van der Waals surface area contributed by atoms with Crippen LogP contribution in [0, 0.1) is 12.8 Å². The molecule has 8 nitrogen and oxygen atoms in total. The van der Waals surface area contributed by atoms with Crippen molar-refractivity contribution in [2.24, 2.45) is 13.0 Å². The number of nitrogens with zero attached hydrogens (tertiary/aromatic N) is 5. The fourth-order valence-corrected chi connectivity index (χ4v) is 3.86. The summed E-state index contributed by atoms with van der Waals surface area (Å²) >= 11 is 0. The Morgan fingerprint density at radius 3 is 2.59 bits per heavy atom.